The Hall–Kier alpha value is -3.61. The molecule has 0 radical (unpaired) electrons. The van der Waals surface area contributed by atoms with Gasteiger partial charge in [-0.2, -0.15) is 18.3 Å². The molecule has 1 saturated heterocycles. The number of piperazine rings is 1. The second-order valence-corrected chi connectivity index (χ2v) is 6.56. The molecule has 4 N–H and O–H groups in total. The third kappa shape index (κ3) is 5.31. The summed E-state index contributed by atoms with van der Waals surface area (Å²) in [5, 5.41) is 17.3. The molecular formula is C18H19F3N6O4. The molecule has 13 heteroatoms. The lowest BCUT2D eigenvalue weighted by Crippen LogP contribution is -2.48. The van der Waals surface area contributed by atoms with Crippen molar-refractivity contribution in [1.29, 1.82) is 0 Å². The number of pyridine rings is 1. The van der Waals surface area contributed by atoms with Gasteiger partial charge in [0.2, 0.25) is 5.88 Å². The Morgan fingerprint density at radius 2 is 2.06 bits per heavy atom. The van der Waals surface area contributed by atoms with Gasteiger partial charge >= 0.3 is 12.1 Å². The highest BCUT2D eigenvalue weighted by Gasteiger charge is 2.38. The highest BCUT2D eigenvalue weighted by atomic mass is 19.4. The molecule has 4 rings (SSSR count). The smallest absolute Gasteiger partial charge is 0.481 e. The Labute approximate surface area is 173 Å². The summed E-state index contributed by atoms with van der Waals surface area (Å²) in [6.45, 7) is 2.01. The molecular weight excluding hydrogens is 421 g/mol. The monoisotopic (exact) mass is 440 g/mol. The highest BCUT2D eigenvalue weighted by molar-refractivity contribution is 5.97. The first-order valence-electron chi connectivity index (χ1n) is 9.04. The van der Waals surface area contributed by atoms with E-state index in [1.165, 1.54) is 0 Å². The van der Waals surface area contributed by atoms with E-state index >= 15 is 0 Å². The minimum Gasteiger partial charge on any atom is -0.481 e. The Morgan fingerprint density at radius 1 is 1.32 bits per heavy atom. The van der Waals surface area contributed by atoms with Crippen molar-refractivity contribution in [3.8, 4) is 5.88 Å². The van der Waals surface area contributed by atoms with E-state index in [0.717, 1.165) is 23.1 Å². The standard InChI is InChI=1S/C16H18N6O2.C2HF3O2/c1-24-15-3-2-11-12(21-15)6-13(20-11)16(23)22-5-4-17-14(9-22)10-7-18-19-8-10;3-2(4,5)1(6)7/h2-3,6-8,14,17,20H,4-5,9H2,1H3,(H,18,19);(H,6,7). The van der Waals surface area contributed by atoms with E-state index in [-0.39, 0.29) is 11.9 Å². The largest absolute Gasteiger partial charge is 0.490 e. The van der Waals surface area contributed by atoms with Gasteiger partial charge < -0.3 is 25.0 Å². The lowest BCUT2D eigenvalue weighted by molar-refractivity contribution is -0.192. The number of carboxylic acid groups (broad SMARTS) is 1. The van der Waals surface area contributed by atoms with Crippen LogP contribution in [-0.2, 0) is 4.79 Å². The third-order valence-corrected chi connectivity index (χ3v) is 4.52. The number of hydrogen-bond donors (Lipinski definition) is 4. The molecule has 3 aromatic rings. The van der Waals surface area contributed by atoms with Crippen molar-refractivity contribution >= 4 is 22.9 Å². The number of nitrogens with one attached hydrogen (secondary N) is 3. The minimum atomic E-state index is -5.08. The number of hydrogen-bond acceptors (Lipinski definition) is 6. The van der Waals surface area contributed by atoms with Crippen molar-refractivity contribution in [2.45, 2.75) is 12.2 Å². The van der Waals surface area contributed by atoms with Gasteiger partial charge in [-0.05, 0) is 12.1 Å². The summed E-state index contributed by atoms with van der Waals surface area (Å²) in [4.78, 5) is 31.1. The van der Waals surface area contributed by atoms with E-state index in [9.17, 15) is 18.0 Å². The maximum absolute atomic E-state index is 12.8. The minimum absolute atomic E-state index is 0.0260. The van der Waals surface area contributed by atoms with Crippen LogP contribution >= 0.6 is 0 Å². The van der Waals surface area contributed by atoms with Gasteiger partial charge in [0.05, 0.1) is 30.4 Å². The molecule has 0 aliphatic carbocycles. The van der Waals surface area contributed by atoms with E-state index in [1.807, 2.05) is 17.2 Å². The number of aliphatic carboxylic acids is 1. The maximum Gasteiger partial charge on any atom is 0.490 e. The van der Waals surface area contributed by atoms with E-state index in [1.54, 1.807) is 25.4 Å². The second kappa shape index (κ2) is 9.04. The van der Waals surface area contributed by atoms with Crippen LogP contribution in [0.4, 0.5) is 13.2 Å². The molecule has 31 heavy (non-hydrogen) atoms. The van der Waals surface area contributed by atoms with Crippen molar-refractivity contribution < 1.29 is 32.6 Å². The summed E-state index contributed by atoms with van der Waals surface area (Å²) >= 11 is 0. The number of rotatable bonds is 3. The molecule has 1 atom stereocenters. The van der Waals surface area contributed by atoms with E-state index in [0.29, 0.717) is 24.7 Å². The second-order valence-electron chi connectivity index (χ2n) is 6.56. The Morgan fingerprint density at radius 3 is 2.68 bits per heavy atom. The van der Waals surface area contributed by atoms with Gasteiger partial charge in [-0.15, -0.1) is 0 Å². The third-order valence-electron chi connectivity index (χ3n) is 4.52. The number of aromatic amines is 2. The number of alkyl halides is 3. The van der Waals surface area contributed by atoms with Gasteiger partial charge in [0.15, 0.2) is 0 Å². The molecule has 0 bridgehead atoms. The first-order chi connectivity index (χ1) is 14.7. The van der Waals surface area contributed by atoms with Crippen LogP contribution in [0.15, 0.2) is 30.6 Å². The predicted octanol–water partition coefficient (Wildman–Crippen LogP) is 1.71. The summed E-state index contributed by atoms with van der Waals surface area (Å²) in [7, 11) is 1.57. The molecule has 1 fully saturated rings. The molecule has 0 spiro atoms. The van der Waals surface area contributed by atoms with Crippen LogP contribution in [0.2, 0.25) is 0 Å². The van der Waals surface area contributed by atoms with Crippen LogP contribution in [0, 0.1) is 0 Å². The van der Waals surface area contributed by atoms with Crippen molar-refractivity contribution in [2.75, 3.05) is 26.7 Å². The van der Waals surface area contributed by atoms with Gasteiger partial charge in [0.25, 0.3) is 5.91 Å². The number of carbonyl (C=O) groups excluding carboxylic acids is 1. The van der Waals surface area contributed by atoms with Crippen molar-refractivity contribution in [3.63, 3.8) is 0 Å². The molecule has 3 aromatic heterocycles. The summed E-state index contributed by atoms with van der Waals surface area (Å²) in [5.41, 5.74) is 3.13. The number of carbonyl (C=O) groups is 2. The number of fused-ring (bicyclic) bond motifs is 1. The SMILES string of the molecule is COc1ccc2[nH]c(C(=O)N3CCNC(c4cn[nH]c4)C3)cc2n1.O=C(O)C(F)(F)F. The number of nitrogens with zero attached hydrogens (tertiary/aromatic N) is 3. The molecule has 1 amide bonds. The molecule has 166 valence electrons. The number of H-pyrrole nitrogens is 2. The first kappa shape index (κ1) is 22.1. The number of amides is 1. The molecule has 1 aliphatic rings. The lowest BCUT2D eigenvalue weighted by atomic mass is 10.1. The Balaban J connectivity index is 0.000000339. The molecule has 1 aliphatic heterocycles. The fraction of sp³-hybridized carbons (Fsp3) is 0.333. The number of aromatic nitrogens is 4. The molecule has 0 aromatic carbocycles. The summed E-state index contributed by atoms with van der Waals surface area (Å²) in [6, 6.07) is 5.50. The van der Waals surface area contributed by atoms with Crippen molar-refractivity contribution in [3.05, 3.63) is 41.9 Å². The van der Waals surface area contributed by atoms with Gasteiger partial charge in [0, 0.05) is 37.5 Å². The highest BCUT2D eigenvalue weighted by Crippen LogP contribution is 2.21. The van der Waals surface area contributed by atoms with Crippen LogP contribution in [0.3, 0.4) is 0 Å². The van der Waals surface area contributed by atoms with Crippen LogP contribution in [0.1, 0.15) is 22.1 Å². The predicted molar refractivity (Wildman–Crippen MR) is 102 cm³/mol. The number of methoxy groups -OCH3 is 1. The zero-order valence-electron chi connectivity index (χ0n) is 16.2. The Kier molecular flexibility index (Phi) is 6.44. The lowest BCUT2D eigenvalue weighted by Gasteiger charge is -2.33. The van der Waals surface area contributed by atoms with Gasteiger partial charge in [-0.3, -0.25) is 9.89 Å². The van der Waals surface area contributed by atoms with Crippen molar-refractivity contribution in [2.24, 2.45) is 0 Å². The molecule has 0 saturated carbocycles. The average molecular weight is 440 g/mol. The number of carboxylic acids is 1. The van der Waals surface area contributed by atoms with Gasteiger partial charge in [0.1, 0.15) is 5.69 Å². The first-order valence-corrected chi connectivity index (χ1v) is 9.04. The van der Waals surface area contributed by atoms with Crippen LogP contribution in [0.5, 0.6) is 5.88 Å². The fourth-order valence-corrected chi connectivity index (χ4v) is 3.00. The zero-order valence-corrected chi connectivity index (χ0v) is 16.2. The molecule has 4 heterocycles. The van der Waals surface area contributed by atoms with Gasteiger partial charge in [-0.1, -0.05) is 0 Å². The zero-order chi connectivity index (χ0) is 22.6. The quantitative estimate of drug-likeness (QED) is 0.487. The van der Waals surface area contributed by atoms with E-state index in [2.05, 4.69) is 25.5 Å². The molecule has 10 nitrogen and oxygen atoms in total. The van der Waals surface area contributed by atoms with Crippen LogP contribution in [-0.4, -0.2) is 75.0 Å². The fourth-order valence-electron chi connectivity index (χ4n) is 3.00. The van der Waals surface area contributed by atoms with Gasteiger partial charge in [-0.25, -0.2) is 9.78 Å². The van der Waals surface area contributed by atoms with Crippen LogP contribution < -0.4 is 10.1 Å². The topological polar surface area (TPSA) is 136 Å². The van der Waals surface area contributed by atoms with E-state index in [4.69, 9.17) is 14.6 Å². The van der Waals surface area contributed by atoms with E-state index < -0.39 is 12.1 Å². The van der Waals surface area contributed by atoms with Crippen LogP contribution in [0.25, 0.3) is 11.0 Å². The normalized spacial score (nSPS) is 16.5. The maximum atomic E-state index is 12.8. The Bertz CT molecular complexity index is 1050. The number of halogens is 3. The summed E-state index contributed by atoms with van der Waals surface area (Å²) in [5.74, 6) is -2.25. The average Bonchev–Trinajstić information content (AvgIpc) is 3.42. The molecule has 1 unspecified atom stereocenters. The summed E-state index contributed by atoms with van der Waals surface area (Å²) < 4.78 is 36.9. The number of ether oxygens (including phenoxy) is 1. The summed E-state index contributed by atoms with van der Waals surface area (Å²) in [6.07, 6.45) is -1.45. The van der Waals surface area contributed by atoms with Crippen molar-refractivity contribution in [1.82, 2.24) is 30.4 Å².